The fraction of sp³-hybridized carbons (Fsp3) is 0.462. The van der Waals surface area contributed by atoms with E-state index in [4.69, 9.17) is 15.2 Å². The van der Waals surface area contributed by atoms with Gasteiger partial charge in [0.05, 0.1) is 19.8 Å². The zero-order chi connectivity index (χ0) is 14.6. The van der Waals surface area contributed by atoms with E-state index < -0.39 is 11.4 Å². The molecule has 1 aromatic rings. The van der Waals surface area contributed by atoms with Crippen molar-refractivity contribution in [2.24, 2.45) is 5.73 Å². The van der Waals surface area contributed by atoms with Crippen LogP contribution in [0.3, 0.4) is 0 Å². The van der Waals surface area contributed by atoms with Crippen molar-refractivity contribution in [3.05, 3.63) is 22.2 Å². The maximum absolute atomic E-state index is 11.3. The summed E-state index contributed by atoms with van der Waals surface area (Å²) in [6.07, 6.45) is 0. The highest BCUT2D eigenvalue weighted by Gasteiger charge is 2.24. The predicted molar refractivity (Wildman–Crippen MR) is 77.4 cm³/mol. The fourth-order valence-corrected chi connectivity index (χ4v) is 1.90. The third-order valence-corrected chi connectivity index (χ3v) is 3.63. The van der Waals surface area contributed by atoms with Crippen molar-refractivity contribution in [3.8, 4) is 11.5 Å². The number of amides is 1. The molecule has 1 aromatic carbocycles. The molecule has 0 bridgehead atoms. The van der Waals surface area contributed by atoms with Crippen molar-refractivity contribution in [2.75, 3.05) is 14.2 Å². The molecule has 0 heterocycles. The third-order valence-electron chi connectivity index (χ3n) is 2.89. The van der Waals surface area contributed by atoms with Gasteiger partial charge < -0.3 is 15.2 Å². The molecule has 106 valence electrons. The molecule has 0 aliphatic rings. The molecule has 0 aliphatic heterocycles. The average Bonchev–Trinajstić information content (AvgIpc) is 2.36. The summed E-state index contributed by atoms with van der Waals surface area (Å²) in [6, 6.07) is 3.68. The maximum Gasteiger partial charge on any atom is 0.237 e. The number of hydrogen-bond acceptors (Lipinski definition) is 4. The number of carbonyl (C=O) groups is 1. The number of nitrogens with two attached hydrogens (primary N) is 1. The summed E-state index contributed by atoms with van der Waals surface area (Å²) in [4.78, 5) is 11.3. The summed E-state index contributed by atoms with van der Waals surface area (Å²) in [5.41, 5.74) is 5.50. The molecule has 0 fully saturated rings. The normalized spacial score (nSPS) is 11.2. The Balaban J connectivity index is 2.93. The van der Waals surface area contributed by atoms with Crippen LogP contribution in [-0.4, -0.2) is 25.7 Å². The lowest BCUT2D eigenvalue weighted by atomic mass is 10.0. The molecular weight excluding hydrogens is 312 g/mol. The molecule has 1 amide bonds. The Morgan fingerprint density at radius 2 is 1.84 bits per heavy atom. The number of primary amides is 1. The molecule has 19 heavy (non-hydrogen) atoms. The van der Waals surface area contributed by atoms with Crippen molar-refractivity contribution in [3.63, 3.8) is 0 Å². The third kappa shape index (κ3) is 3.84. The number of carbonyl (C=O) groups excluding carboxylic acids is 1. The second-order valence-corrected chi connectivity index (χ2v) is 5.50. The summed E-state index contributed by atoms with van der Waals surface area (Å²) in [5.74, 6) is 0.885. The van der Waals surface area contributed by atoms with Crippen LogP contribution in [0.1, 0.15) is 19.4 Å². The minimum absolute atomic E-state index is 0.399. The van der Waals surface area contributed by atoms with Gasteiger partial charge in [-0.3, -0.25) is 10.1 Å². The van der Waals surface area contributed by atoms with Gasteiger partial charge in [-0.25, -0.2) is 0 Å². The standard InChI is InChI=1S/C13H19BrN2O3/c1-13(2,12(15)17)16-7-8-5-10(18-3)11(19-4)6-9(8)14/h5-6,16H,7H2,1-4H3,(H2,15,17). The number of nitrogens with one attached hydrogen (secondary N) is 1. The molecule has 1 rings (SSSR count). The second kappa shape index (κ2) is 6.25. The highest BCUT2D eigenvalue weighted by atomic mass is 79.9. The first-order chi connectivity index (χ1) is 8.81. The van der Waals surface area contributed by atoms with E-state index in [1.165, 1.54) is 0 Å². The minimum atomic E-state index is -0.771. The summed E-state index contributed by atoms with van der Waals surface area (Å²) >= 11 is 3.46. The van der Waals surface area contributed by atoms with Crippen LogP contribution in [0.25, 0.3) is 0 Å². The molecule has 0 aliphatic carbocycles. The van der Waals surface area contributed by atoms with Crippen LogP contribution in [0.15, 0.2) is 16.6 Å². The number of methoxy groups -OCH3 is 2. The van der Waals surface area contributed by atoms with E-state index in [1.807, 2.05) is 12.1 Å². The van der Waals surface area contributed by atoms with E-state index in [9.17, 15) is 4.79 Å². The zero-order valence-corrected chi connectivity index (χ0v) is 13.1. The Bertz CT molecular complexity index is 475. The lowest BCUT2D eigenvalue weighted by Gasteiger charge is -2.23. The number of benzene rings is 1. The first-order valence-corrected chi connectivity index (χ1v) is 6.56. The summed E-state index contributed by atoms with van der Waals surface area (Å²) in [6.45, 7) is 3.96. The van der Waals surface area contributed by atoms with E-state index in [-0.39, 0.29) is 0 Å². The Hall–Kier alpha value is -1.27. The Labute approximate surface area is 121 Å². The molecular formula is C13H19BrN2O3. The lowest BCUT2D eigenvalue weighted by molar-refractivity contribution is -0.123. The van der Waals surface area contributed by atoms with E-state index in [2.05, 4.69) is 21.2 Å². The van der Waals surface area contributed by atoms with Crippen LogP contribution in [0, 0.1) is 0 Å². The number of halogens is 1. The smallest absolute Gasteiger partial charge is 0.237 e. The van der Waals surface area contributed by atoms with Gasteiger partial charge in [0.25, 0.3) is 0 Å². The SMILES string of the molecule is COc1cc(Br)c(CNC(C)(C)C(N)=O)cc1OC. The molecule has 0 unspecified atom stereocenters. The van der Waals surface area contributed by atoms with Gasteiger partial charge in [-0.1, -0.05) is 15.9 Å². The molecule has 0 radical (unpaired) electrons. The van der Waals surface area contributed by atoms with Gasteiger partial charge in [0.2, 0.25) is 5.91 Å². The summed E-state index contributed by atoms with van der Waals surface area (Å²) in [7, 11) is 3.16. The van der Waals surface area contributed by atoms with Crippen molar-refractivity contribution >= 4 is 21.8 Å². The quantitative estimate of drug-likeness (QED) is 0.834. The summed E-state index contributed by atoms with van der Waals surface area (Å²) < 4.78 is 11.3. The molecule has 0 aromatic heterocycles. The monoisotopic (exact) mass is 330 g/mol. The fourth-order valence-electron chi connectivity index (χ4n) is 1.44. The Morgan fingerprint density at radius 1 is 1.32 bits per heavy atom. The highest BCUT2D eigenvalue weighted by molar-refractivity contribution is 9.10. The number of hydrogen-bond donors (Lipinski definition) is 2. The van der Waals surface area contributed by atoms with Crippen molar-refractivity contribution in [1.82, 2.24) is 5.32 Å². The minimum Gasteiger partial charge on any atom is -0.493 e. The van der Waals surface area contributed by atoms with Gasteiger partial charge in [-0.2, -0.15) is 0 Å². The van der Waals surface area contributed by atoms with Gasteiger partial charge in [0.15, 0.2) is 11.5 Å². The molecule has 6 heteroatoms. The number of ether oxygens (including phenoxy) is 2. The van der Waals surface area contributed by atoms with Gasteiger partial charge in [0, 0.05) is 11.0 Å². The van der Waals surface area contributed by atoms with Crippen LogP contribution in [0.5, 0.6) is 11.5 Å². The van der Waals surface area contributed by atoms with Gasteiger partial charge >= 0.3 is 0 Å². The topological polar surface area (TPSA) is 73.6 Å². The Morgan fingerprint density at radius 3 is 2.32 bits per heavy atom. The molecule has 3 N–H and O–H groups in total. The lowest BCUT2D eigenvalue weighted by Crippen LogP contribution is -2.50. The van der Waals surface area contributed by atoms with E-state index in [0.717, 1.165) is 10.0 Å². The Kier molecular flexibility index (Phi) is 5.20. The molecule has 0 saturated heterocycles. The number of rotatable bonds is 6. The van der Waals surface area contributed by atoms with Gasteiger partial charge in [-0.05, 0) is 31.5 Å². The van der Waals surface area contributed by atoms with Crippen LogP contribution >= 0.6 is 15.9 Å². The average molecular weight is 331 g/mol. The molecule has 0 spiro atoms. The van der Waals surface area contributed by atoms with E-state index >= 15 is 0 Å². The van der Waals surface area contributed by atoms with Crippen molar-refractivity contribution in [1.29, 1.82) is 0 Å². The molecule has 0 saturated carbocycles. The van der Waals surface area contributed by atoms with Crippen LogP contribution < -0.4 is 20.5 Å². The van der Waals surface area contributed by atoms with Crippen molar-refractivity contribution in [2.45, 2.75) is 25.9 Å². The van der Waals surface area contributed by atoms with Crippen LogP contribution in [-0.2, 0) is 11.3 Å². The second-order valence-electron chi connectivity index (χ2n) is 4.64. The van der Waals surface area contributed by atoms with Crippen molar-refractivity contribution < 1.29 is 14.3 Å². The van der Waals surface area contributed by atoms with Crippen LogP contribution in [0.2, 0.25) is 0 Å². The zero-order valence-electron chi connectivity index (χ0n) is 11.5. The highest BCUT2D eigenvalue weighted by Crippen LogP contribution is 2.33. The largest absolute Gasteiger partial charge is 0.493 e. The van der Waals surface area contributed by atoms with Gasteiger partial charge in [0.1, 0.15) is 0 Å². The molecule has 5 nitrogen and oxygen atoms in total. The maximum atomic E-state index is 11.3. The summed E-state index contributed by atoms with van der Waals surface area (Å²) in [5, 5.41) is 3.10. The van der Waals surface area contributed by atoms with Crippen LogP contribution in [0.4, 0.5) is 0 Å². The predicted octanol–water partition coefficient (Wildman–Crippen LogP) is 1.82. The van der Waals surface area contributed by atoms with E-state index in [1.54, 1.807) is 28.1 Å². The van der Waals surface area contributed by atoms with E-state index in [0.29, 0.717) is 18.0 Å². The first-order valence-electron chi connectivity index (χ1n) is 5.77. The van der Waals surface area contributed by atoms with Gasteiger partial charge in [-0.15, -0.1) is 0 Å². The first kappa shape index (κ1) is 15.8. The molecule has 0 atom stereocenters.